The molecule has 1 aromatic heterocycles. The number of hydrogen-bond acceptors (Lipinski definition) is 6. The Labute approximate surface area is 165 Å². The number of rotatable bonds is 7. The summed E-state index contributed by atoms with van der Waals surface area (Å²) in [4.78, 5) is 30.9. The van der Waals surface area contributed by atoms with Crippen molar-refractivity contribution in [2.24, 2.45) is 5.73 Å². The van der Waals surface area contributed by atoms with E-state index in [1.54, 1.807) is 24.3 Å². The molecule has 0 saturated carbocycles. The minimum Gasteiger partial charge on any atom is -0.477 e. The molecular weight excluding hydrogens is 379 g/mol. The summed E-state index contributed by atoms with van der Waals surface area (Å²) < 4.78 is 18.6. The summed E-state index contributed by atoms with van der Waals surface area (Å²) in [7, 11) is 0. The Bertz CT molecular complexity index is 1040. The number of aromatic nitrogens is 2. The van der Waals surface area contributed by atoms with Gasteiger partial charge in [0.15, 0.2) is 11.5 Å². The van der Waals surface area contributed by atoms with Crippen LogP contribution in [0.1, 0.15) is 17.4 Å². The fourth-order valence-corrected chi connectivity index (χ4v) is 2.36. The molecule has 0 aliphatic carbocycles. The largest absolute Gasteiger partial charge is 0.477 e. The molecule has 3 rings (SSSR count). The van der Waals surface area contributed by atoms with Gasteiger partial charge in [-0.25, -0.2) is 19.2 Å². The molecule has 0 bridgehead atoms. The third-order valence-electron chi connectivity index (χ3n) is 3.90. The van der Waals surface area contributed by atoms with Crippen LogP contribution in [-0.4, -0.2) is 33.0 Å². The maximum atomic E-state index is 13.0. The fourth-order valence-electron chi connectivity index (χ4n) is 2.36. The van der Waals surface area contributed by atoms with Gasteiger partial charge in [0, 0.05) is 11.6 Å². The molecule has 8 nitrogen and oxygen atoms in total. The third-order valence-corrected chi connectivity index (χ3v) is 3.90. The molecule has 1 heterocycles. The number of nitrogens with one attached hydrogen (secondary N) is 1. The second kappa shape index (κ2) is 8.34. The minimum absolute atomic E-state index is 0.150. The van der Waals surface area contributed by atoms with Gasteiger partial charge in [-0.05, 0) is 55.5 Å². The molecule has 4 N–H and O–H groups in total. The van der Waals surface area contributed by atoms with Gasteiger partial charge in [0.25, 0.3) is 0 Å². The van der Waals surface area contributed by atoms with E-state index in [4.69, 9.17) is 10.5 Å². The molecule has 0 fully saturated rings. The molecule has 0 aliphatic heterocycles. The van der Waals surface area contributed by atoms with Crippen LogP contribution in [0.5, 0.6) is 11.5 Å². The second-order valence-electron chi connectivity index (χ2n) is 6.12. The van der Waals surface area contributed by atoms with Gasteiger partial charge in [-0.1, -0.05) is 0 Å². The van der Waals surface area contributed by atoms with E-state index in [9.17, 15) is 19.1 Å². The van der Waals surface area contributed by atoms with Crippen molar-refractivity contribution in [2.45, 2.75) is 13.0 Å². The molecule has 2 aromatic carbocycles. The zero-order chi connectivity index (χ0) is 21.0. The summed E-state index contributed by atoms with van der Waals surface area (Å²) in [5, 5.41) is 12.0. The average Bonchev–Trinajstić information content (AvgIpc) is 2.70. The van der Waals surface area contributed by atoms with E-state index in [-0.39, 0.29) is 23.2 Å². The lowest BCUT2D eigenvalue weighted by Gasteiger charge is -2.12. The number of nitrogens with two attached hydrogens (primary N) is 1. The topological polar surface area (TPSA) is 127 Å². The summed E-state index contributed by atoms with van der Waals surface area (Å²) in [5.74, 6) is -0.935. The summed E-state index contributed by atoms with van der Waals surface area (Å²) in [6.07, 6.45) is 0. The monoisotopic (exact) mass is 396 g/mol. The Morgan fingerprint density at radius 3 is 2.21 bits per heavy atom. The number of ether oxygens (including phenoxy) is 1. The molecule has 3 aromatic rings. The Morgan fingerprint density at radius 1 is 1.07 bits per heavy atom. The van der Waals surface area contributed by atoms with Crippen molar-refractivity contribution in [3.8, 4) is 22.9 Å². The number of carboxylic acids is 1. The van der Waals surface area contributed by atoms with Crippen LogP contribution in [0.2, 0.25) is 0 Å². The van der Waals surface area contributed by atoms with E-state index < -0.39 is 17.9 Å². The predicted molar refractivity (Wildman–Crippen MR) is 103 cm³/mol. The molecule has 0 aliphatic rings. The van der Waals surface area contributed by atoms with Crippen LogP contribution in [0.3, 0.4) is 0 Å². The predicted octanol–water partition coefficient (Wildman–Crippen LogP) is 3.06. The van der Waals surface area contributed by atoms with Crippen LogP contribution in [0, 0.1) is 5.82 Å². The van der Waals surface area contributed by atoms with Gasteiger partial charge in [0.05, 0.1) is 0 Å². The number of aromatic carboxylic acids is 1. The van der Waals surface area contributed by atoms with Crippen LogP contribution in [0.15, 0.2) is 54.6 Å². The Hall–Kier alpha value is -4.01. The van der Waals surface area contributed by atoms with E-state index in [1.807, 2.05) is 0 Å². The minimum atomic E-state index is -1.24. The summed E-state index contributed by atoms with van der Waals surface area (Å²) in [5.41, 5.74) is 5.52. The van der Waals surface area contributed by atoms with Gasteiger partial charge in [0.1, 0.15) is 29.2 Å². The van der Waals surface area contributed by atoms with Crippen molar-refractivity contribution in [3.05, 3.63) is 66.1 Å². The van der Waals surface area contributed by atoms with Crippen molar-refractivity contribution < 1.29 is 23.8 Å². The molecular formula is C20H17FN4O4. The highest BCUT2D eigenvalue weighted by Gasteiger charge is 2.15. The second-order valence-corrected chi connectivity index (χ2v) is 6.12. The van der Waals surface area contributed by atoms with Gasteiger partial charge in [-0.3, -0.25) is 4.79 Å². The van der Waals surface area contributed by atoms with Crippen molar-refractivity contribution in [1.82, 2.24) is 9.97 Å². The van der Waals surface area contributed by atoms with Crippen molar-refractivity contribution in [1.29, 1.82) is 0 Å². The standard InChI is InChI=1S/C20H17FN4O4/c1-11(18(22)26)23-17-10-16(20(27)28)24-19(25-17)12-2-6-14(7-3-12)29-15-8-4-13(21)5-9-15/h2-11H,1H3,(H2,22,26)(H,27,28)(H,23,24,25). The van der Waals surface area contributed by atoms with Gasteiger partial charge in [-0.15, -0.1) is 0 Å². The van der Waals surface area contributed by atoms with Crippen molar-refractivity contribution in [3.63, 3.8) is 0 Å². The van der Waals surface area contributed by atoms with E-state index in [0.717, 1.165) is 0 Å². The first-order valence-electron chi connectivity index (χ1n) is 8.54. The zero-order valence-electron chi connectivity index (χ0n) is 15.3. The van der Waals surface area contributed by atoms with Crippen LogP contribution in [0.4, 0.5) is 10.2 Å². The van der Waals surface area contributed by atoms with Crippen LogP contribution in [0.25, 0.3) is 11.4 Å². The number of halogens is 1. The van der Waals surface area contributed by atoms with Crippen molar-refractivity contribution in [2.75, 3.05) is 5.32 Å². The van der Waals surface area contributed by atoms with E-state index in [2.05, 4.69) is 15.3 Å². The normalized spacial score (nSPS) is 11.5. The molecule has 0 radical (unpaired) electrons. The number of anilines is 1. The molecule has 9 heteroatoms. The number of carboxylic acid groups (broad SMARTS) is 1. The lowest BCUT2D eigenvalue weighted by molar-refractivity contribution is -0.118. The number of amides is 1. The highest BCUT2D eigenvalue weighted by molar-refractivity contribution is 5.87. The van der Waals surface area contributed by atoms with Gasteiger partial charge in [-0.2, -0.15) is 0 Å². The molecule has 1 amide bonds. The number of nitrogens with zero attached hydrogens (tertiary/aromatic N) is 2. The zero-order valence-corrected chi connectivity index (χ0v) is 15.3. The van der Waals surface area contributed by atoms with E-state index >= 15 is 0 Å². The highest BCUT2D eigenvalue weighted by atomic mass is 19.1. The van der Waals surface area contributed by atoms with Gasteiger partial charge < -0.3 is 20.9 Å². The number of primary amides is 1. The molecule has 0 saturated heterocycles. The summed E-state index contributed by atoms with van der Waals surface area (Å²) in [6, 6.07) is 12.7. The Balaban J connectivity index is 1.86. The van der Waals surface area contributed by atoms with Crippen LogP contribution >= 0.6 is 0 Å². The fraction of sp³-hybridized carbons (Fsp3) is 0.100. The van der Waals surface area contributed by atoms with Crippen LogP contribution in [-0.2, 0) is 4.79 Å². The first-order valence-corrected chi connectivity index (χ1v) is 8.54. The summed E-state index contributed by atoms with van der Waals surface area (Å²) >= 11 is 0. The Kier molecular flexibility index (Phi) is 5.68. The first-order chi connectivity index (χ1) is 13.8. The highest BCUT2D eigenvalue weighted by Crippen LogP contribution is 2.25. The first kappa shape index (κ1) is 19.7. The van der Waals surface area contributed by atoms with E-state index in [1.165, 1.54) is 37.3 Å². The smallest absolute Gasteiger partial charge is 0.354 e. The van der Waals surface area contributed by atoms with E-state index in [0.29, 0.717) is 17.1 Å². The number of carbonyl (C=O) groups excluding carboxylic acids is 1. The number of carbonyl (C=O) groups is 2. The lowest BCUT2D eigenvalue weighted by atomic mass is 10.2. The van der Waals surface area contributed by atoms with Gasteiger partial charge in [0.2, 0.25) is 5.91 Å². The number of hydrogen-bond donors (Lipinski definition) is 3. The summed E-state index contributed by atoms with van der Waals surface area (Å²) in [6.45, 7) is 1.53. The molecule has 148 valence electrons. The van der Waals surface area contributed by atoms with Crippen molar-refractivity contribution >= 4 is 17.7 Å². The molecule has 1 unspecified atom stereocenters. The average molecular weight is 396 g/mol. The molecule has 29 heavy (non-hydrogen) atoms. The quantitative estimate of drug-likeness (QED) is 0.560. The van der Waals surface area contributed by atoms with Gasteiger partial charge >= 0.3 is 5.97 Å². The molecule has 0 spiro atoms. The lowest BCUT2D eigenvalue weighted by Crippen LogP contribution is -2.32. The maximum Gasteiger partial charge on any atom is 0.354 e. The SMILES string of the molecule is CC(Nc1cc(C(=O)O)nc(-c2ccc(Oc3ccc(F)cc3)cc2)n1)C(N)=O. The third kappa shape index (κ3) is 5.04. The Morgan fingerprint density at radius 2 is 1.66 bits per heavy atom. The maximum absolute atomic E-state index is 13.0. The molecule has 1 atom stereocenters. The number of benzene rings is 2. The van der Waals surface area contributed by atoms with Crippen LogP contribution < -0.4 is 15.8 Å².